The Morgan fingerprint density at radius 3 is 1.98 bits per heavy atom. The summed E-state index contributed by atoms with van der Waals surface area (Å²) in [6.45, 7) is 1.45. The van der Waals surface area contributed by atoms with E-state index in [-0.39, 0.29) is 24.8 Å². The Bertz CT molecular complexity index is 1510. The molecule has 0 aliphatic carbocycles. The number of carbonyl (C=O) groups is 3. The number of ether oxygens (including phenoxy) is 2. The van der Waals surface area contributed by atoms with E-state index in [0.29, 0.717) is 44.7 Å². The number of alkyl carbamates (subject to hydrolysis) is 1. The number of amides is 3. The molecule has 1 fully saturated rings. The fraction of sp³-hybridized carbons (Fsp3) is 0.270. The maximum absolute atomic E-state index is 13.9. The molecule has 0 saturated carbocycles. The first-order valence-electron chi connectivity index (χ1n) is 15.4. The fourth-order valence-corrected chi connectivity index (χ4v) is 5.40. The molecule has 1 aliphatic heterocycles. The molecule has 8 heteroatoms. The Morgan fingerprint density at radius 2 is 1.33 bits per heavy atom. The predicted octanol–water partition coefficient (Wildman–Crippen LogP) is 5.45. The third-order valence-electron chi connectivity index (χ3n) is 7.81. The summed E-state index contributed by atoms with van der Waals surface area (Å²) in [7, 11) is 0. The lowest BCUT2D eigenvalue weighted by molar-refractivity contribution is -0.139. The number of hydrogen-bond acceptors (Lipinski definition) is 5. The summed E-state index contributed by atoms with van der Waals surface area (Å²) >= 11 is 0. The number of hydrogen-bond donors (Lipinski definition) is 2. The lowest BCUT2D eigenvalue weighted by Crippen LogP contribution is -2.54. The predicted molar refractivity (Wildman–Crippen MR) is 172 cm³/mol. The minimum absolute atomic E-state index is 0.0805. The monoisotopic (exact) mass is 605 g/mol. The molecular weight excluding hydrogens is 566 g/mol. The maximum Gasteiger partial charge on any atom is 0.408 e. The second-order valence-electron chi connectivity index (χ2n) is 11.1. The van der Waals surface area contributed by atoms with Crippen LogP contribution in [0.2, 0.25) is 0 Å². The largest absolute Gasteiger partial charge is 0.489 e. The SMILES string of the molecule is O=C(N[C@@H](Cc1ccc(OCc2ccccc2)cc1)C(=O)N1CCC[C@H]1C(=O)NCCc1ccccc1)OCc1ccccc1. The van der Waals surface area contributed by atoms with E-state index < -0.39 is 18.2 Å². The molecule has 0 unspecified atom stereocenters. The van der Waals surface area contributed by atoms with E-state index in [4.69, 9.17) is 9.47 Å². The Labute approximate surface area is 264 Å². The van der Waals surface area contributed by atoms with Gasteiger partial charge in [0.25, 0.3) is 0 Å². The highest BCUT2D eigenvalue weighted by Crippen LogP contribution is 2.21. The molecule has 1 aliphatic rings. The van der Waals surface area contributed by atoms with Gasteiger partial charge in [0, 0.05) is 19.5 Å². The van der Waals surface area contributed by atoms with E-state index in [9.17, 15) is 14.4 Å². The van der Waals surface area contributed by atoms with E-state index in [1.807, 2.05) is 115 Å². The first-order valence-corrected chi connectivity index (χ1v) is 15.4. The average molecular weight is 606 g/mol. The van der Waals surface area contributed by atoms with Gasteiger partial charge in [0.15, 0.2) is 0 Å². The van der Waals surface area contributed by atoms with Gasteiger partial charge in [-0.1, -0.05) is 103 Å². The third kappa shape index (κ3) is 9.44. The van der Waals surface area contributed by atoms with Gasteiger partial charge in [-0.05, 0) is 53.6 Å². The first kappa shape index (κ1) is 31.3. The summed E-state index contributed by atoms with van der Waals surface area (Å²) < 4.78 is 11.4. The molecule has 1 heterocycles. The zero-order chi connectivity index (χ0) is 31.3. The molecule has 0 spiro atoms. The zero-order valence-electron chi connectivity index (χ0n) is 25.3. The van der Waals surface area contributed by atoms with Gasteiger partial charge in [-0.3, -0.25) is 9.59 Å². The smallest absolute Gasteiger partial charge is 0.408 e. The van der Waals surface area contributed by atoms with Crippen LogP contribution in [-0.4, -0.2) is 48.0 Å². The molecule has 5 rings (SSSR count). The van der Waals surface area contributed by atoms with Crippen molar-refractivity contribution in [2.45, 2.75) is 51.0 Å². The Balaban J connectivity index is 1.23. The van der Waals surface area contributed by atoms with Crippen LogP contribution in [0.3, 0.4) is 0 Å². The molecule has 4 aromatic carbocycles. The van der Waals surface area contributed by atoms with Crippen molar-refractivity contribution in [2.75, 3.05) is 13.1 Å². The number of nitrogens with one attached hydrogen (secondary N) is 2. The molecule has 0 aromatic heterocycles. The molecule has 4 aromatic rings. The second-order valence-corrected chi connectivity index (χ2v) is 11.1. The normalized spacial score (nSPS) is 14.8. The minimum atomic E-state index is -0.915. The molecule has 1 saturated heterocycles. The van der Waals surface area contributed by atoms with Gasteiger partial charge in [-0.15, -0.1) is 0 Å². The van der Waals surface area contributed by atoms with Crippen molar-refractivity contribution < 1.29 is 23.9 Å². The summed E-state index contributed by atoms with van der Waals surface area (Å²) in [5.74, 6) is 0.214. The van der Waals surface area contributed by atoms with Crippen LogP contribution in [0, 0.1) is 0 Å². The molecule has 2 atom stereocenters. The third-order valence-corrected chi connectivity index (χ3v) is 7.81. The van der Waals surface area contributed by atoms with Gasteiger partial charge in [-0.25, -0.2) is 4.79 Å². The quantitative estimate of drug-likeness (QED) is 0.211. The zero-order valence-corrected chi connectivity index (χ0v) is 25.3. The molecule has 45 heavy (non-hydrogen) atoms. The number of carbonyl (C=O) groups excluding carboxylic acids is 3. The van der Waals surface area contributed by atoms with Crippen molar-refractivity contribution >= 4 is 17.9 Å². The Morgan fingerprint density at radius 1 is 0.733 bits per heavy atom. The van der Waals surface area contributed by atoms with Crippen molar-refractivity contribution in [3.05, 3.63) is 138 Å². The van der Waals surface area contributed by atoms with Crippen LogP contribution >= 0.6 is 0 Å². The van der Waals surface area contributed by atoms with Crippen LogP contribution < -0.4 is 15.4 Å². The topological polar surface area (TPSA) is 97.0 Å². The molecule has 0 bridgehead atoms. The summed E-state index contributed by atoms with van der Waals surface area (Å²) in [6.07, 6.45) is 1.53. The van der Waals surface area contributed by atoms with Gasteiger partial charge in [0.2, 0.25) is 11.8 Å². The van der Waals surface area contributed by atoms with E-state index in [2.05, 4.69) is 10.6 Å². The maximum atomic E-state index is 13.9. The van der Waals surface area contributed by atoms with Crippen molar-refractivity contribution in [2.24, 2.45) is 0 Å². The summed E-state index contributed by atoms with van der Waals surface area (Å²) in [5.41, 5.74) is 3.88. The number of benzene rings is 4. The highest BCUT2D eigenvalue weighted by molar-refractivity contribution is 5.92. The standard InChI is InChI=1S/C37H39N3O5/c41-35(38-23-22-28-11-4-1-5-12-28)34-17-10-24-40(34)36(42)33(39-37(43)45-27-31-15-8-3-9-16-31)25-29-18-20-32(21-19-29)44-26-30-13-6-2-7-14-30/h1-9,11-16,18-21,33-34H,10,17,22-27H2,(H,38,41)(H,39,43)/t33-,34-/m0/s1. The van der Waals surface area contributed by atoms with Crippen molar-refractivity contribution in [3.63, 3.8) is 0 Å². The van der Waals surface area contributed by atoms with Crippen LogP contribution in [0.1, 0.15) is 35.1 Å². The van der Waals surface area contributed by atoms with Crippen molar-refractivity contribution in [1.82, 2.24) is 15.5 Å². The first-order chi connectivity index (χ1) is 22.0. The van der Waals surface area contributed by atoms with Gasteiger partial charge in [-0.2, -0.15) is 0 Å². The molecule has 2 N–H and O–H groups in total. The minimum Gasteiger partial charge on any atom is -0.489 e. The van der Waals surface area contributed by atoms with Crippen LogP contribution in [0.4, 0.5) is 4.79 Å². The van der Waals surface area contributed by atoms with E-state index in [0.717, 1.165) is 22.3 Å². The van der Waals surface area contributed by atoms with Gasteiger partial charge in [0.05, 0.1) is 0 Å². The summed E-state index contributed by atoms with van der Waals surface area (Å²) in [6, 6.07) is 35.2. The number of likely N-dealkylation sites (tertiary alicyclic amines) is 1. The lowest BCUT2D eigenvalue weighted by Gasteiger charge is -2.28. The molecule has 8 nitrogen and oxygen atoms in total. The Hall–Kier alpha value is -5.11. The van der Waals surface area contributed by atoms with E-state index in [1.165, 1.54) is 0 Å². The molecule has 3 amide bonds. The van der Waals surface area contributed by atoms with Crippen molar-refractivity contribution in [1.29, 1.82) is 0 Å². The highest BCUT2D eigenvalue weighted by Gasteiger charge is 2.37. The summed E-state index contributed by atoms with van der Waals surface area (Å²) in [4.78, 5) is 41.6. The number of rotatable bonds is 13. The van der Waals surface area contributed by atoms with E-state index >= 15 is 0 Å². The van der Waals surface area contributed by atoms with Crippen LogP contribution in [0.5, 0.6) is 5.75 Å². The molecule has 232 valence electrons. The van der Waals surface area contributed by atoms with Crippen LogP contribution in [-0.2, 0) is 40.4 Å². The summed E-state index contributed by atoms with van der Waals surface area (Å²) in [5, 5.41) is 5.78. The van der Waals surface area contributed by atoms with Crippen molar-refractivity contribution in [3.8, 4) is 5.75 Å². The fourth-order valence-electron chi connectivity index (χ4n) is 5.40. The molecular formula is C37H39N3O5. The average Bonchev–Trinajstić information content (AvgIpc) is 3.58. The molecule has 0 radical (unpaired) electrons. The van der Waals surface area contributed by atoms with E-state index in [1.54, 1.807) is 4.90 Å². The van der Waals surface area contributed by atoms with Gasteiger partial charge >= 0.3 is 6.09 Å². The highest BCUT2D eigenvalue weighted by atomic mass is 16.5. The lowest BCUT2D eigenvalue weighted by atomic mass is 10.0. The number of nitrogens with zero attached hydrogens (tertiary/aromatic N) is 1. The van der Waals surface area contributed by atoms with Gasteiger partial charge < -0.3 is 25.0 Å². The van der Waals surface area contributed by atoms with Gasteiger partial charge in [0.1, 0.15) is 31.0 Å². The van der Waals surface area contributed by atoms with Crippen LogP contribution in [0.15, 0.2) is 115 Å². The van der Waals surface area contributed by atoms with Crippen LogP contribution in [0.25, 0.3) is 0 Å². The second kappa shape index (κ2) is 16.1. The Kier molecular flexibility index (Phi) is 11.2.